The number of alkyl carbamates (subject to hydrolysis) is 1. The quantitative estimate of drug-likeness (QED) is 0.708. The predicted molar refractivity (Wildman–Crippen MR) is 88.9 cm³/mol. The van der Waals surface area contributed by atoms with Crippen molar-refractivity contribution in [3.8, 4) is 0 Å². The Morgan fingerprint density at radius 3 is 2.48 bits per heavy atom. The van der Waals surface area contributed by atoms with Crippen LogP contribution in [0.1, 0.15) is 11.1 Å². The molecule has 1 atom stereocenters. The lowest BCUT2D eigenvalue weighted by Crippen LogP contribution is -2.42. The van der Waals surface area contributed by atoms with Gasteiger partial charge in [-0.05, 0) is 33.6 Å². The third kappa shape index (κ3) is 5.25. The van der Waals surface area contributed by atoms with Gasteiger partial charge in [0.25, 0.3) is 0 Å². The maximum Gasteiger partial charge on any atom is 0.408 e. The summed E-state index contributed by atoms with van der Waals surface area (Å²) in [5, 5.41) is 11.3. The number of carboxylic acids is 1. The highest BCUT2D eigenvalue weighted by molar-refractivity contribution is 9.10. The fourth-order valence-electron chi connectivity index (χ4n) is 2.07. The van der Waals surface area contributed by atoms with Crippen molar-refractivity contribution in [2.75, 3.05) is 0 Å². The summed E-state index contributed by atoms with van der Waals surface area (Å²) in [5.41, 5.74) is 0.277. The minimum absolute atomic E-state index is 0.000284. The summed E-state index contributed by atoms with van der Waals surface area (Å²) in [6, 6.07) is 9.42. The Hall–Kier alpha value is -2.48. The second kappa shape index (κ2) is 8.57. The van der Waals surface area contributed by atoms with E-state index >= 15 is 0 Å². The summed E-state index contributed by atoms with van der Waals surface area (Å²) in [7, 11) is 0. The van der Waals surface area contributed by atoms with Gasteiger partial charge in [0, 0.05) is 12.0 Å². The average molecular weight is 414 g/mol. The molecule has 0 aromatic heterocycles. The van der Waals surface area contributed by atoms with Crippen LogP contribution < -0.4 is 5.32 Å². The van der Waals surface area contributed by atoms with E-state index in [1.165, 1.54) is 6.07 Å². The first-order chi connectivity index (χ1) is 11.9. The van der Waals surface area contributed by atoms with Crippen LogP contribution in [0.15, 0.2) is 46.9 Å². The largest absolute Gasteiger partial charge is 0.480 e. The number of aliphatic carboxylic acids is 1. The number of rotatable bonds is 6. The number of halogens is 3. The molecule has 0 bridgehead atoms. The zero-order chi connectivity index (χ0) is 18.4. The molecule has 2 rings (SSSR count). The Balaban J connectivity index is 2.03. The van der Waals surface area contributed by atoms with Crippen molar-refractivity contribution in [1.29, 1.82) is 0 Å². The second-order valence-corrected chi connectivity index (χ2v) is 5.98. The molecule has 0 aliphatic heterocycles. The Morgan fingerprint density at radius 2 is 1.84 bits per heavy atom. The molecule has 0 spiro atoms. The smallest absolute Gasteiger partial charge is 0.408 e. The van der Waals surface area contributed by atoms with Crippen LogP contribution in [0.2, 0.25) is 0 Å². The van der Waals surface area contributed by atoms with Crippen LogP contribution in [0, 0.1) is 11.6 Å². The van der Waals surface area contributed by atoms with E-state index < -0.39 is 41.7 Å². The fraction of sp³-hybridized carbons (Fsp3) is 0.176. The topological polar surface area (TPSA) is 75.6 Å². The molecule has 0 saturated heterocycles. The van der Waals surface area contributed by atoms with E-state index in [4.69, 9.17) is 4.74 Å². The lowest BCUT2D eigenvalue weighted by Gasteiger charge is -2.16. The van der Waals surface area contributed by atoms with E-state index in [2.05, 4.69) is 21.2 Å². The molecule has 8 heteroatoms. The van der Waals surface area contributed by atoms with Crippen LogP contribution in [-0.2, 0) is 22.6 Å². The number of amides is 1. The summed E-state index contributed by atoms with van der Waals surface area (Å²) >= 11 is 2.91. The summed E-state index contributed by atoms with van der Waals surface area (Å²) in [5.74, 6) is -3.24. The molecule has 25 heavy (non-hydrogen) atoms. The predicted octanol–water partition coefficient (Wildman–Crippen LogP) is 3.65. The van der Waals surface area contributed by atoms with Gasteiger partial charge in [0.2, 0.25) is 0 Å². The van der Waals surface area contributed by atoms with Crippen LogP contribution in [0.5, 0.6) is 0 Å². The van der Waals surface area contributed by atoms with E-state index in [1.807, 2.05) is 0 Å². The molecule has 0 fully saturated rings. The highest BCUT2D eigenvalue weighted by Crippen LogP contribution is 2.22. The monoisotopic (exact) mass is 413 g/mol. The number of nitrogens with one attached hydrogen (secondary N) is 1. The zero-order valence-electron chi connectivity index (χ0n) is 12.8. The van der Waals surface area contributed by atoms with Crippen molar-refractivity contribution in [1.82, 2.24) is 5.32 Å². The van der Waals surface area contributed by atoms with Gasteiger partial charge in [0.05, 0.1) is 4.47 Å². The molecule has 2 N–H and O–H groups in total. The molecular formula is C17H14BrF2NO4. The van der Waals surface area contributed by atoms with E-state index in [0.717, 1.165) is 6.07 Å². The van der Waals surface area contributed by atoms with Crippen molar-refractivity contribution in [2.45, 2.75) is 19.1 Å². The molecule has 0 aliphatic carbocycles. The highest BCUT2D eigenvalue weighted by Gasteiger charge is 2.25. The molecular weight excluding hydrogens is 400 g/mol. The molecule has 0 saturated carbocycles. The molecule has 0 aliphatic rings. The van der Waals surface area contributed by atoms with Gasteiger partial charge in [-0.3, -0.25) is 0 Å². The first kappa shape index (κ1) is 18.9. The number of benzene rings is 2. The van der Waals surface area contributed by atoms with Gasteiger partial charge in [-0.25, -0.2) is 18.4 Å². The number of hydrogen-bond donors (Lipinski definition) is 2. The molecule has 132 valence electrons. The molecule has 5 nitrogen and oxygen atoms in total. The molecule has 0 radical (unpaired) electrons. The van der Waals surface area contributed by atoms with E-state index in [-0.39, 0.29) is 11.1 Å². The van der Waals surface area contributed by atoms with Crippen molar-refractivity contribution in [2.24, 2.45) is 0 Å². The molecule has 0 heterocycles. The van der Waals surface area contributed by atoms with Crippen LogP contribution >= 0.6 is 15.9 Å². The number of ether oxygens (including phenoxy) is 1. The summed E-state index contributed by atoms with van der Waals surface area (Å²) < 4.78 is 32.7. The highest BCUT2D eigenvalue weighted by atomic mass is 79.9. The maximum atomic E-state index is 14.0. The Morgan fingerprint density at radius 1 is 1.16 bits per heavy atom. The Kier molecular flexibility index (Phi) is 6.46. The SMILES string of the molecule is O=C(NC(Cc1c(F)ccc(Br)c1F)C(=O)O)OCc1ccccc1. The minimum Gasteiger partial charge on any atom is -0.480 e. The van der Waals surface area contributed by atoms with Gasteiger partial charge >= 0.3 is 12.1 Å². The van der Waals surface area contributed by atoms with Crippen LogP contribution in [-0.4, -0.2) is 23.2 Å². The fourth-order valence-corrected chi connectivity index (χ4v) is 2.44. The third-order valence-corrected chi connectivity index (χ3v) is 3.96. The lowest BCUT2D eigenvalue weighted by atomic mass is 10.0. The van der Waals surface area contributed by atoms with Crippen molar-refractivity contribution in [3.05, 3.63) is 69.7 Å². The summed E-state index contributed by atoms with van der Waals surface area (Å²) in [6.45, 7) is -0.0569. The van der Waals surface area contributed by atoms with Gasteiger partial charge < -0.3 is 15.2 Å². The summed E-state index contributed by atoms with van der Waals surface area (Å²) in [4.78, 5) is 23.1. The lowest BCUT2D eigenvalue weighted by molar-refractivity contribution is -0.139. The Labute approximate surface area is 150 Å². The molecule has 1 unspecified atom stereocenters. The molecule has 2 aromatic carbocycles. The number of carboxylic acid groups (broad SMARTS) is 1. The van der Waals surface area contributed by atoms with E-state index in [1.54, 1.807) is 30.3 Å². The normalized spacial score (nSPS) is 11.6. The first-order valence-corrected chi connectivity index (χ1v) is 8.00. The zero-order valence-corrected chi connectivity index (χ0v) is 14.4. The van der Waals surface area contributed by atoms with Crippen LogP contribution in [0.3, 0.4) is 0 Å². The second-order valence-electron chi connectivity index (χ2n) is 5.12. The first-order valence-electron chi connectivity index (χ1n) is 7.21. The summed E-state index contributed by atoms with van der Waals surface area (Å²) in [6.07, 6.45) is -1.56. The van der Waals surface area contributed by atoms with Crippen molar-refractivity contribution in [3.63, 3.8) is 0 Å². The van der Waals surface area contributed by atoms with Gasteiger partial charge in [0.1, 0.15) is 24.3 Å². The van der Waals surface area contributed by atoms with Gasteiger partial charge in [-0.15, -0.1) is 0 Å². The van der Waals surface area contributed by atoms with Crippen molar-refractivity contribution < 1.29 is 28.2 Å². The van der Waals surface area contributed by atoms with Crippen molar-refractivity contribution >= 4 is 28.0 Å². The van der Waals surface area contributed by atoms with Gasteiger partial charge in [0.15, 0.2) is 0 Å². The number of carbonyl (C=O) groups excluding carboxylic acids is 1. The van der Waals surface area contributed by atoms with E-state index in [0.29, 0.717) is 5.56 Å². The average Bonchev–Trinajstić information content (AvgIpc) is 2.60. The Bertz CT molecular complexity index is 771. The number of hydrogen-bond acceptors (Lipinski definition) is 3. The molecule has 2 aromatic rings. The van der Waals surface area contributed by atoms with Crippen LogP contribution in [0.25, 0.3) is 0 Å². The van der Waals surface area contributed by atoms with E-state index in [9.17, 15) is 23.5 Å². The van der Waals surface area contributed by atoms with Crippen LogP contribution in [0.4, 0.5) is 13.6 Å². The third-order valence-electron chi connectivity index (χ3n) is 3.35. The minimum atomic E-state index is -1.54. The standard InChI is InChI=1S/C17H14BrF2NO4/c18-12-6-7-13(19)11(15(12)20)8-14(16(22)23)21-17(24)25-9-10-4-2-1-3-5-10/h1-7,14H,8-9H2,(H,21,24)(H,22,23). The van der Waals surface area contributed by atoms with Gasteiger partial charge in [-0.2, -0.15) is 0 Å². The maximum absolute atomic E-state index is 14.0. The van der Waals surface area contributed by atoms with Gasteiger partial charge in [-0.1, -0.05) is 30.3 Å². The number of carbonyl (C=O) groups is 2. The molecule has 1 amide bonds.